The maximum absolute atomic E-state index is 12.8. The zero-order chi connectivity index (χ0) is 16.0. The predicted molar refractivity (Wildman–Crippen MR) is 88.2 cm³/mol. The van der Waals surface area contributed by atoms with Crippen LogP contribution in [0.3, 0.4) is 0 Å². The van der Waals surface area contributed by atoms with E-state index in [-0.39, 0.29) is 17.9 Å². The Bertz CT molecular complexity index is 720. The van der Waals surface area contributed by atoms with E-state index in [0.717, 1.165) is 0 Å². The first-order chi connectivity index (χ1) is 11.1. The van der Waals surface area contributed by atoms with Gasteiger partial charge in [0.25, 0.3) is 5.91 Å². The molecular formula is C18H22N4O. The Morgan fingerprint density at radius 1 is 1.22 bits per heavy atom. The number of nitrogens with two attached hydrogens (primary N) is 1. The van der Waals surface area contributed by atoms with Gasteiger partial charge >= 0.3 is 0 Å². The van der Waals surface area contributed by atoms with Gasteiger partial charge in [-0.2, -0.15) is 5.10 Å². The van der Waals surface area contributed by atoms with Crippen LogP contribution in [0.4, 0.5) is 0 Å². The number of hydrogen-bond donors (Lipinski definition) is 1. The molecule has 2 aromatic rings. The summed E-state index contributed by atoms with van der Waals surface area (Å²) in [5.74, 6) is 0.792. The van der Waals surface area contributed by atoms with Crippen molar-refractivity contribution in [3.05, 3.63) is 53.3 Å². The molecule has 2 fully saturated rings. The second-order valence-electron chi connectivity index (χ2n) is 6.74. The highest BCUT2D eigenvalue weighted by atomic mass is 16.2. The molecule has 23 heavy (non-hydrogen) atoms. The Balaban J connectivity index is 1.52. The number of aromatic nitrogens is 2. The number of rotatable bonds is 3. The molecule has 1 saturated carbocycles. The van der Waals surface area contributed by atoms with Gasteiger partial charge < -0.3 is 10.6 Å². The summed E-state index contributed by atoms with van der Waals surface area (Å²) in [5, 5.41) is 4.42. The van der Waals surface area contributed by atoms with Crippen molar-refractivity contribution in [2.24, 2.45) is 12.8 Å². The maximum Gasteiger partial charge on any atom is 0.274 e. The average Bonchev–Trinajstić information content (AvgIpc) is 3.22. The normalized spacial score (nSPS) is 24.2. The van der Waals surface area contributed by atoms with Gasteiger partial charge in [0, 0.05) is 43.7 Å². The van der Waals surface area contributed by atoms with Gasteiger partial charge in [-0.15, -0.1) is 0 Å². The van der Waals surface area contributed by atoms with Crippen molar-refractivity contribution in [2.75, 3.05) is 13.1 Å². The average molecular weight is 310 g/mol. The van der Waals surface area contributed by atoms with Gasteiger partial charge in [0.2, 0.25) is 0 Å². The standard InChI is InChI=1S/C18H22N4O/c1-21-17(13-7-8-13)9-16(20-21)18(23)22-10-14(15(19)11-22)12-5-3-2-4-6-12/h2-6,9,13-15H,7-8,10-11,19H2,1H3/t14-,15+/m0/s1. The highest BCUT2D eigenvalue weighted by Gasteiger charge is 2.36. The molecule has 5 nitrogen and oxygen atoms in total. The number of nitrogens with zero attached hydrogens (tertiary/aromatic N) is 3. The van der Waals surface area contributed by atoms with E-state index in [4.69, 9.17) is 5.73 Å². The largest absolute Gasteiger partial charge is 0.335 e. The SMILES string of the molecule is Cn1nc(C(=O)N2C[C@@H](N)[C@H](c3ccccc3)C2)cc1C1CC1. The number of aryl methyl sites for hydroxylation is 1. The molecule has 2 N–H and O–H groups in total. The van der Waals surface area contributed by atoms with Crippen molar-refractivity contribution < 1.29 is 4.79 Å². The summed E-state index contributed by atoms with van der Waals surface area (Å²) in [6.07, 6.45) is 2.41. The summed E-state index contributed by atoms with van der Waals surface area (Å²) in [6.45, 7) is 1.26. The molecule has 1 amide bonds. The van der Waals surface area contributed by atoms with E-state index in [1.54, 1.807) is 0 Å². The van der Waals surface area contributed by atoms with Gasteiger partial charge in [-0.25, -0.2) is 0 Å². The maximum atomic E-state index is 12.8. The predicted octanol–water partition coefficient (Wildman–Crippen LogP) is 1.86. The fourth-order valence-electron chi connectivity index (χ4n) is 3.56. The molecule has 1 aromatic heterocycles. The third-order valence-corrected chi connectivity index (χ3v) is 5.01. The van der Waals surface area contributed by atoms with Gasteiger partial charge in [0.1, 0.15) is 0 Å². The zero-order valence-corrected chi connectivity index (χ0v) is 13.4. The highest BCUT2D eigenvalue weighted by molar-refractivity contribution is 5.92. The van der Waals surface area contributed by atoms with E-state index in [1.807, 2.05) is 40.9 Å². The summed E-state index contributed by atoms with van der Waals surface area (Å²) in [6, 6.07) is 12.2. The monoisotopic (exact) mass is 310 g/mol. The van der Waals surface area contributed by atoms with E-state index in [1.165, 1.54) is 24.1 Å². The Hall–Kier alpha value is -2.14. The van der Waals surface area contributed by atoms with Crippen LogP contribution in [0.2, 0.25) is 0 Å². The van der Waals surface area contributed by atoms with Crippen molar-refractivity contribution in [3.63, 3.8) is 0 Å². The first-order valence-electron chi connectivity index (χ1n) is 8.27. The molecule has 0 bridgehead atoms. The van der Waals surface area contributed by atoms with Gasteiger partial charge in [0.15, 0.2) is 5.69 Å². The Kier molecular flexibility index (Phi) is 3.45. The third-order valence-electron chi connectivity index (χ3n) is 5.01. The first-order valence-corrected chi connectivity index (χ1v) is 8.27. The van der Waals surface area contributed by atoms with Crippen LogP contribution in [-0.2, 0) is 7.05 Å². The lowest BCUT2D eigenvalue weighted by molar-refractivity contribution is 0.0782. The van der Waals surface area contributed by atoms with Crippen LogP contribution in [0.5, 0.6) is 0 Å². The third kappa shape index (κ3) is 2.65. The molecule has 2 aliphatic rings. The molecule has 1 saturated heterocycles. The molecule has 5 heteroatoms. The molecule has 4 rings (SSSR count). The number of amides is 1. The minimum atomic E-state index is -0.0204. The highest BCUT2D eigenvalue weighted by Crippen LogP contribution is 2.40. The first kappa shape index (κ1) is 14.5. The van der Waals surface area contributed by atoms with E-state index in [2.05, 4.69) is 17.2 Å². The van der Waals surface area contributed by atoms with Crippen molar-refractivity contribution in [1.29, 1.82) is 0 Å². The quantitative estimate of drug-likeness (QED) is 0.941. The fraction of sp³-hybridized carbons (Fsp3) is 0.444. The lowest BCUT2D eigenvalue weighted by atomic mass is 9.95. The minimum absolute atomic E-state index is 0.00128. The van der Waals surface area contributed by atoms with E-state index in [9.17, 15) is 4.79 Å². The molecule has 0 radical (unpaired) electrons. The summed E-state index contributed by atoms with van der Waals surface area (Å²) < 4.78 is 1.86. The van der Waals surface area contributed by atoms with Crippen LogP contribution >= 0.6 is 0 Å². The van der Waals surface area contributed by atoms with Crippen LogP contribution in [0.25, 0.3) is 0 Å². The molecule has 1 aliphatic carbocycles. The van der Waals surface area contributed by atoms with Gasteiger partial charge in [-0.1, -0.05) is 30.3 Å². The molecule has 120 valence electrons. The molecule has 2 heterocycles. The van der Waals surface area contributed by atoms with Crippen molar-refractivity contribution in [2.45, 2.75) is 30.7 Å². The summed E-state index contributed by atoms with van der Waals surface area (Å²) in [5.41, 5.74) is 9.22. The van der Waals surface area contributed by atoms with E-state index in [0.29, 0.717) is 24.7 Å². The van der Waals surface area contributed by atoms with Gasteiger partial charge in [0.05, 0.1) is 0 Å². The van der Waals surface area contributed by atoms with E-state index < -0.39 is 0 Å². The lowest BCUT2D eigenvalue weighted by Crippen LogP contribution is -2.32. The second kappa shape index (κ2) is 5.49. The molecule has 1 aliphatic heterocycles. The lowest BCUT2D eigenvalue weighted by Gasteiger charge is -2.15. The molecule has 1 aromatic carbocycles. The minimum Gasteiger partial charge on any atom is -0.335 e. The molecule has 0 spiro atoms. The summed E-state index contributed by atoms with van der Waals surface area (Å²) >= 11 is 0. The van der Waals surface area contributed by atoms with Crippen LogP contribution in [0, 0.1) is 0 Å². The van der Waals surface area contributed by atoms with Crippen molar-refractivity contribution in [3.8, 4) is 0 Å². The number of hydrogen-bond acceptors (Lipinski definition) is 3. The topological polar surface area (TPSA) is 64.2 Å². The number of likely N-dealkylation sites (tertiary alicyclic amines) is 1. The van der Waals surface area contributed by atoms with Crippen LogP contribution in [-0.4, -0.2) is 39.7 Å². The van der Waals surface area contributed by atoms with Gasteiger partial charge in [-0.05, 0) is 24.5 Å². The zero-order valence-electron chi connectivity index (χ0n) is 13.4. The Labute approximate surface area is 136 Å². The summed E-state index contributed by atoms with van der Waals surface area (Å²) in [4.78, 5) is 14.6. The van der Waals surface area contributed by atoms with Crippen molar-refractivity contribution in [1.82, 2.24) is 14.7 Å². The number of carbonyl (C=O) groups excluding carboxylic acids is 1. The summed E-state index contributed by atoms with van der Waals surface area (Å²) in [7, 11) is 1.92. The number of carbonyl (C=O) groups is 1. The Morgan fingerprint density at radius 2 is 1.96 bits per heavy atom. The van der Waals surface area contributed by atoms with Crippen LogP contribution in [0.1, 0.15) is 46.4 Å². The van der Waals surface area contributed by atoms with Crippen LogP contribution in [0.15, 0.2) is 36.4 Å². The van der Waals surface area contributed by atoms with Crippen molar-refractivity contribution >= 4 is 5.91 Å². The van der Waals surface area contributed by atoms with E-state index >= 15 is 0 Å². The second-order valence-corrected chi connectivity index (χ2v) is 6.74. The smallest absolute Gasteiger partial charge is 0.274 e. The fourth-order valence-corrected chi connectivity index (χ4v) is 3.56. The Morgan fingerprint density at radius 3 is 2.65 bits per heavy atom. The number of benzene rings is 1. The molecular weight excluding hydrogens is 288 g/mol. The van der Waals surface area contributed by atoms with Gasteiger partial charge in [-0.3, -0.25) is 9.48 Å². The molecule has 0 unspecified atom stereocenters. The molecule has 2 atom stereocenters. The van der Waals surface area contributed by atoms with Crippen LogP contribution < -0.4 is 5.73 Å².